The van der Waals surface area contributed by atoms with Crippen LogP contribution in [0.3, 0.4) is 0 Å². The zero-order valence-electron chi connectivity index (χ0n) is 10.3. The highest BCUT2D eigenvalue weighted by Crippen LogP contribution is 2.72. The number of ketones is 1. The molecular weight excluding hydrogens is 216 g/mol. The molecule has 4 fully saturated rings. The van der Waals surface area contributed by atoms with Crippen LogP contribution in [-0.2, 0) is 4.79 Å². The van der Waals surface area contributed by atoms with Gasteiger partial charge in [-0.2, -0.15) is 0 Å². The molecule has 2 N–H and O–H groups in total. The van der Waals surface area contributed by atoms with E-state index in [2.05, 4.69) is 0 Å². The summed E-state index contributed by atoms with van der Waals surface area (Å²) in [7, 11) is 0. The molecule has 4 rings (SSSR count). The quantitative estimate of drug-likeness (QED) is 0.666. The van der Waals surface area contributed by atoms with Gasteiger partial charge in [0.2, 0.25) is 0 Å². The number of Topliss-reactive ketones (excluding diaryl/α,β-unsaturated/α-hetero) is 1. The van der Waals surface area contributed by atoms with Crippen LogP contribution >= 0.6 is 0 Å². The van der Waals surface area contributed by atoms with Crippen molar-refractivity contribution in [2.75, 3.05) is 0 Å². The van der Waals surface area contributed by atoms with E-state index in [1.165, 1.54) is 0 Å². The Bertz CT molecular complexity index is 416. The van der Waals surface area contributed by atoms with Gasteiger partial charge in [-0.1, -0.05) is 6.42 Å². The second-order valence-electron chi connectivity index (χ2n) is 7.00. The smallest absolute Gasteiger partial charge is 0.145 e. The molecule has 2 bridgehead atoms. The van der Waals surface area contributed by atoms with Gasteiger partial charge in [-0.15, -0.1) is 0 Å². The third-order valence-electron chi connectivity index (χ3n) is 6.58. The van der Waals surface area contributed by atoms with Gasteiger partial charge in [-0.05, 0) is 44.9 Å². The van der Waals surface area contributed by atoms with Crippen molar-refractivity contribution in [3.8, 4) is 0 Å². The van der Waals surface area contributed by atoms with Crippen molar-refractivity contribution in [3.05, 3.63) is 0 Å². The van der Waals surface area contributed by atoms with Crippen LogP contribution in [-0.4, -0.2) is 27.2 Å². The maximum atomic E-state index is 12.7. The summed E-state index contributed by atoms with van der Waals surface area (Å²) in [6, 6.07) is 0. The average Bonchev–Trinajstić information content (AvgIpc) is 2.82. The van der Waals surface area contributed by atoms with Gasteiger partial charge in [0.05, 0.1) is 16.6 Å². The fourth-order valence-corrected chi connectivity index (χ4v) is 6.16. The highest BCUT2D eigenvalue weighted by atomic mass is 16.3. The highest BCUT2D eigenvalue weighted by Gasteiger charge is 2.79. The van der Waals surface area contributed by atoms with Crippen LogP contribution in [0.1, 0.15) is 45.4 Å². The predicted molar refractivity (Wildman–Crippen MR) is 61.2 cm³/mol. The average molecular weight is 236 g/mol. The maximum Gasteiger partial charge on any atom is 0.145 e. The standard InChI is InChI=1S/C14H20O3/c1-12(16)10-9-4-6-13(10,17)7-8-3-2-5-14(8,12)11(9)15/h8-10,16-17H,2-7H2,1H3/t8-,9-,10+,12+,13+,14-/m0/s1. The molecule has 0 aromatic carbocycles. The molecule has 4 aliphatic rings. The normalized spacial score (nSPS) is 64.2. The molecule has 0 aromatic heterocycles. The summed E-state index contributed by atoms with van der Waals surface area (Å²) in [6.45, 7) is 1.82. The number of rotatable bonds is 0. The summed E-state index contributed by atoms with van der Waals surface area (Å²) in [5.41, 5.74) is -2.24. The van der Waals surface area contributed by atoms with E-state index in [9.17, 15) is 15.0 Å². The second kappa shape index (κ2) is 2.62. The van der Waals surface area contributed by atoms with Crippen molar-refractivity contribution in [1.82, 2.24) is 0 Å². The minimum atomic E-state index is -0.973. The third-order valence-corrected chi connectivity index (χ3v) is 6.58. The van der Waals surface area contributed by atoms with Gasteiger partial charge in [0.1, 0.15) is 5.78 Å². The van der Waals surface area contributed by atoms with Crippen LogP contribution in [0.5, 0.6) is 0 Å². The molecule has 0 saturated heterocycles. The summed E-state index contributed by atoms with van der Waals surface area (Å²) >= 11 is 0. The lowest BCUT2D eigenvalue weighted by molar-refractivity contribution is -0.195. The van der Waals surface area contributed by atoms with E-state index < -0.39 is 16.6 Å². The maximum absolute atomic E-state index is 12.7. The molecule has 0 radical (unpaired) electrons. The van der Waals surface area contributed by atoms with E-state index in [0.29, 0.717) is 6.42 Å². The molecule has 0 aliphatic heterocycles. The Morgan fingerprint density at radius 2 is 2.00 bits per heavy atom. The Hall–Kier alpha value is -0.410. The van der Waals surface area contributed by atoms with E-state index in [0.717, 1.165) is 32.1 Å². The SMILES string of the molecule is C[C@@]1(O)[C@H]2[C@@H]3CC[C@@]2(O)C[C@@H]2CCC[C@@]21C3=O. The summed E-state index contributed by atoms with van der Waals surface area (Å²) < 4.78 is 0. The summed E-state index contributed by atoms with van der Waals surface area (Å²) in [5.74, 6) is 0.231. The summed E-state index contributed by atoms with van der Waals surface area (Å²) in [4.78, 5) is 12.7. The van der Waals surface area contributed by atoms with Crippen molar-refractivity contribution in [3.63, 3.8) is 0 Å². The molecular formula is C14H20O3. The first-order valence-electron chi connectivity index (χ1n) is 6.92. The molecule has 0 amide bonds. The molecule has 94 valence electrons. The molecule has 3 heteroatoms. The lowest BCUT2D eigenvalue weighted by atomic mass is 9.55. The first-order valence-corrected chi connectivity index (χ1v) is 6.92. The number of hydrogen-bond acceptors (Lipinski definition) is 3. The van der Waals surface area contributed by atoms with Gasteiger partial charge in [0.15, 0.2) is 0 Å². The van der Waals surface area contributed by atoms with Crippen molar-refractivity contribution < 1.29 is 15.0 Å². The molecule has 0 heterocycles. The van der Waals surface area contributed by atoms with E-state index in [-0.39, 0.29) is 23.5 Å². The lowest BCUT2D eigenvalue weighted by Gasteiger charge is -2.52. The number of carbonyl (C=O) groups excluding carboxylic acids is 1. The van der Waals surface area contributed by atoms with Crippen molar-refractivity contribution in [2.45, 2.75) is 56.7 Å². The number of carbonyl (C=O) groups is 1. The minimum absolute atomic E-state index is 0.0712. The van der Waals surface area contributed by atoms with Gasteiger partial charge in [0, 0.05) is 11.8 Å². The Balaban J connectivity index is 1.98. The van der Waals surface area contributed by atoms with E-state index >= 15 is 0 Å². The molecule has 0 aromatic rings. The van der Waals surface area contributed by atoms with E-state index in [4.69, 9.17) is 0 Å². The van der Waals surface area contributed by atoms with Crippen molar-refractivity contribution in [2.24, 2.45) is 23.2 Å². The minimum Gasteiger partial charge on any atom is -0.389 e. The fraction of sp³-hybridized carbons (Fsp3) is 0.929. The van der Waals surface area contributed by atoms with Crippen LogP contribution in [0.2, 0.25) is 0 Å². The zero-order chi connectivity index (χ0) is 12.1. The largest absolute Gasteiger partial charge is 0.389 e. The van der Waals surface area contributed by atoms with Gasteiger partial charge >= 0.3 is 0 Å². The molecule has 17 heavy (non-hydrogen) atoms. The lowest BCUT2D eigenvalue weighted by Crippen LogP contribution is -2.61. The fourth-order valence-electron chi connectivity index (χ4n) is 6.16. The van der Waals surface area contributed by atoms with Gasteiger partial charge < -0.3 is 10.2 Å². The Morgan fingerprint density at radius 3 is 2.76 bits per heavy atom. The van der Waals surface area contributed by atoms with Gasteiger partial charge in [0.25, 0.3) is 0 Å². The molecule has 6 atom stereocenters. The second-order valence-corrected chi connectivity index (χ2v) is 7.00. The topological polar surface area (TPSA) is 57.5 Å². The van der Waals surface area contributed by atoms with E-state index in [1.54, 1.807) is 0 Å². The monoisotopic (exact) mass is 236 g/mol. The van der Waals surface area contributed by atoms with Gasteiger partial charge in [-0.25, -0.2) is 0 Å². The van der Waals surface area contributed by atoms with Crippen LogP contribution in [0.4, 0.5) is 0 Å². The molecule has 3 nitrogen and oxygen atoms in total. The Morgan fingerprint density at radius 1 is 1.24 bits per heavy atom. The molecule has 4 saturated carbocycles. The summed E-state index contributed by atoms with van der Waals surface area (Å²) in [6.07, 6.45) is 5.11. The van der Waals surface area contributed by atoms with E-state index in [1.807, 2.05) is 6.92 Å². The first kappa shape index (κ1) is 10.5. The summed E-state index contributed by atoms with van der Waals surface area (Å²) in [5, 5.41) is 21.8. The number of hydrogen-bond donors (Lipinski definition) is 2. The number of aliphatic hydroxyl groups is 2. The first-order chi connectivity index (χ1) is 7.93. The van der Waals surface area contributed by atoms with Crippen LogP contribution in [0.15, 0.2) is 0 Å². The molecule has 4 aliphatic carbocycles. The van der Waals surface area contributed by atoms with Crippen molar-refractivity contribution >= 4 is 5.78 Å². The third kappa shape index (κ3) is 0.839. The van der Waals surface area contributed by atoms with Crippen molar-refractivity contribution in [1.29, 1.82) is 0 Å². The Labute approximate surface area is 101 Å². The molecule has 0 unspecified atom stereocenters. The zero-order valence-corrected chi connectivity index (χ0v) is 10.3. The van der Waals surface area contributed by atoms with Crippen LogP contribution < -0.4 is 0 Å². The predicted octanol–water partition coefficient (Wildman–Crippen LogP) is 1.27. The Kier molecular flexibility index (Phi) is 1.62. The molecule has 1 spiro atoms. The van der Waals surface area contributed by atoms with Gasteiger partial charge in [-0.3, -0.25) is 4.79 Å². The van der Waals surface area contributed by atoms with Crippen LogP contribution in [0.25, 0.3) is 0 Å². The highest BCUT2D eigenvalue weighted by molar-refractivity contribution is 5.93. The van der Waals surface area contributed by atoms with Crippen LogP contribution in [0, 0.1) is 23.2 Å².